The van der Waals surface area contributed by atoms with Gasteiger partial charge in [-0.1, -0.05) is 19.1 Å². The van der Waals surface area contributed by atoms with Gasteiger partial charge in [0.1, 0.15) is 5.54 Å². The van der Waals surface area contributed by atoms with Crippen LogP contribution in [0.4, 0.5) is 0 Å². The first-order valence-electron chi connectivity index (χ1n) is 6.44. The Labute approximate surface area is 124 Å². The van der Waals surface area contributed by atoms with E-state index in [0.29, 0.717) is 5.56 Å². The second kappa shape index (κ2) is 6.26. The van der Waals surface area contributed by atoms with Crippen molar-refractivity contribution < 1.29 is 23.1 Å². The number of rotatable bonds is 6. The van der Waals surface area contributed by atoms with Crippen molar-refractivity contribution in [1.29, 1.82) is 0 Å². The van der Waals surface area contributed by atoms with Gasteiger partial charge in [0.25, 0.3) is 0 Å². The molecule has 0 bridgehead atoms. The lowest BCUT2D eigenvalue weighted by molar-refractivity contribution is -0.145. The number of benzene rings is 1. The van der Waals surface area contributed by atoms with Crippen LogP contribution < -0.4 is 5.32 Å². The van der Waals surface area contributed by atoms with Crippen molar-refractivity contribution in [3.05, 3.63) is 29.8 Å². The maximum absolute atomic E-state index is 11.8. The number of hydrogen-bond donors (Lipinski definition) is 2. The van der Waals surface area contributed by atoms with Crippen LogP contribution in [0.15, 0.2) is 29.2 Å². The Morgan fingerprint density at radius 3 is 2.43 bits per heavy atom. The van der Waals surface area contributed by atoms with Gasteiger partial charge in [-0.15, -0.1) is 0 Å². The Hall–Kier alpha value is -1.89. The molecule has 7 heteroatoms. The number of carboxylic acid groups (broad SMARTS) is 1. The van der Waals surface area contributed by atoms with Crippen LogP contribution >= 0.6 is 0 Å². The number of hydrogen-bond acceptors (Lipinski definition) is 4. The van der Waals surface area contributed by atoms with Crippen LogP contribution in [0.2, 0.25) is 0 Å². The predicted octanol–water partition coefficient (Wildman–Crippen LogP) is 1.00. The zero-order valence-electron chi connectivity index (χ0n) is 12.2. The molecule has 0 atom stereocenters. The minimum absolute atomic E-state index is 0.0192. The lowest BCUT2D eigenvalue weighted by Gasteiger charge is -2.21. The molecule has 1 rings (SSSR count). The average Bonchev–Trinajstić information content (AvgIpc) is 2.38. The van der Waals surface area contributed by atoms with E-state index in [0.717, 1.165) is 0 Å². The van der Waals surface area contributed by atoms with Crippen molar-refractivity contribution in [3.63, 3.8) is 0 Å². The van der Waals surface area contributed by atoms with E-state index in [1.165, 1.54) is 26.0 Å². The number of carbonyl (C=O) groups excluding carboxylic acids is 1. The van der Waals surface area contributed by atoms with Gasteiger partial charge in [0, 0.05) is 0 Å². The van der Waals surface area contributed by atoms with E-state index in [-0.39, 0.29) is 17.1 Å². The summed E-state index contributed by atoms with van der Waals surface area (Å²) in [7, 11) is -3.33. The zero-order valence-corrected chi connectivity index (χ0v) is 13.0. The summed E-state index contributed by atoms with van der Waals surface area (Å²) in [6.45, 7) is 4.31. The smallest absolute Gasteiger partial charge is 0.328 e. The molecule has 1 amide bonds. The van der Waals surface area contributed by atoms with Crippen LogP contribution in [0.25, 0.3) is 0 Å². The zero-order chi connectivity index (χ0) is 16.3. The Balaban J connectivity index is 2.88. The molecular weight excluding hydrogens is 294 g/mol. The van der Waals surface area contributed by atoms with E-state index in [1.54, 1.807) is 19.1 Å². The topological polar surface area (TPSA) is 101 Å². The van der Waals surface area contributed by atoms with Crippen LogP contribution in [0.1, 0.15) is 26.3 Å². The van der Waals surface area contributed by atoms with Gasteiger partial charge in [-0.05, 0) is 31.5 Å². The molecule has 0 heterocycles. The van der Waals surface area contributed by atoms with Crippen LogP contribution in [0, 0.1) is 0 Å². The second-order valence-corrected chi connectivity index (χ2v) is 7.48. The van der Waals surface area contributed by atoms with Crippen LogP contribution in [0.3, 0.4) is 0 Å². The van der Waals surface area contributed by atoms with Crippen molar-refractivity contribution in [2.45, 2.75) is 37.6 Å². The molecule has 21 heavy (non-hydrogen) atoms. The van der Waals surface area contributed by atoms with Gasteiger partial charge in [0.05, 0.1) is 17.1 Å². The SMILES string of the molecule is CCS(=O)(=O)c1cccc(CC(=O)NC(C)(C)C(=O)O)c1. The van der Waals surface area contributed by atoms with Crippen LogP contribution in [0.5, 0.6) is 0 Å². The molecule has 0 fully saturated rings. The monoisotopic (exact) mass is 313 g/mol. The second-order valence-electron chi connectivity index (χ2n) is 5.21. The Morgan fingerprint density at radius 1 is 1.29 bits per heavy atom. The van der Waals surface area contributed by atoms with E-state index in [9.17, 15) is 18.0 Å². The molecule has 0 saturated carbocycles. The predicted molar refractivity (Wildman–Crippen MR) is 77.7 cm³/mol. The molecular formula is C14H19NO5S. The van der Waals surface area contributed by atoms with Gasteiger partial charge in [-0.25, -0.2) is 13.2 Å². The minimum atomic E-state index is -3.33. The Bertz CT molecular complexity index is 649. The maximum atomic E-state index is 11.8. The average molecular weight is 313 g/mol. The Morgan fingerprint density at radius 2 is 1.90 bits per heavy atom. The van der Waals surface area contributed by atoms with Crippen molar-refractivity contribution >= 4 is 21.7 Å². The fourth-order valence-corrected chi connectivity index (χ4v) is 2.60. The Kier molecular flexibility index (Phi) is 5.11. The van der Waals surface area contributed by atoms with E-state index in [4.69, 9.17) is 5.11 Å². The summed E-state index contributed by atoms with van der Waals surface area (Å²) in [5.74, 6) is -1.64. The first-order chi connectivity index (χ1) is 9.58. The van der Waals surface area contributed by atoms with Gasteiger partial charge in [-0.2, -0.15) is 0 Å². The molecule has 0 aromatic heterocycles. The van der Waals surface area contributed by atoms with Crippen molar-refractivity contribution in [2.75, 3.05) is 5.75 Å². The molecule has 1 aromatic rings. The van der Waals surface area contributed by atoms with E-state index in [1.807, 2.05) is 0 Å². The lowest BCUT2D eigenvalue weighted by Crippen LogP contribution is -2.50. The van der Waals surface area contributed by atoms with Crippen LogP contribution in [-0.2, 0) is 25.8 Å². The third-order valence-corrected chi connectivity index (χ3v) is 4.72. The largest absolute Gasteiger partial charge is 0.480 e. The molecule has 0 aliphatic heterocycles. The highest BCUT2D eigenvalue weighted by molar-refractivity contribution is 7.91. The first-order valence-corrected chi connectivity index (χ1v) is 8.10. The number of aliphatic carboxylic acids is 1. The number of nitrogens with one attached hydrogen (secondary N) is 1. The van der Waals surface area contributed by atoms with E-state index in [2.05, 4.69) is 5.32 Å². The standard InChI is InChI=1S/C14H19NO5S/c1-4-21(19,20)11-7-5-6-10(8-11)9-12(16)15-14(2,3)13(17)18/h5-8H,4,9H2,1-3H3,(H,15,16)(H,17,18). The fraction of sp³-hybridized carbons (Fsp3) is 0.429. The summed E-state index contributed by atoms with van der Waals surface area (Å²) < 4.78 is 23.6. The van der Waals surface area contributed by atoms with Gasteiger partial charge in [-0.3, -0.25) is 4.79 Å². The molecule has 2 N–H and O–H groups in total. The highest BCUT2D eigenvalue weighted by Gasteiger charge is 2.28. The highest BCUT2D eigenvalue weighted by Crippen LogP contribution is 2.14. The molecule has 1 aromatic carbocycles. The number of amides is 1. The molecule has 116 valence electrons. The first kappa shape index (κ1) is 17.2. The number of sulfone groups is 1. The van der Waals surface area contributed by atoms with E-state index >= 15 is 0 Å². The molecule has 0 aliphatic rings. The molecule has 0 aliphatic carbocycles. The van der Waals surface area contributed by atoms with Gasteiger partial charge in [0.2, 0.25) is 5.91 Å². The lowest BCUT2D eigenvalue weighted by atomic mass is 10.1. The van der Waals surface area contributed by atoms with Crippen molar-refractivity contribution in [1.82, 2.24) is 5.32 Å². The fourth-order valence-electron chi connectivity index (χ4n) is 1.65. The normalized spacial score (nSPS) is 12.0. The highest BCUT2D eigenvalue weighted by atomic mass is 32.2. The van der Waals surface area contributed by atoms with Gasteiger partial charge < -0.3 is 10.4 Å². The van der Waals surface area contributed by atoms with Crippen molar-refractivity contribution in [2.24, 2.45) is 0 Å². The number of carbonyl (C=O) groups is 2. The molecule has 0 spiro atoms. The molecule has 6 nitrogen and oxygen atoms in total. The summed E-state index contributed by atoms with van der Waals surface area (Å²) in [6.07, 6.45) is -0.0796. The summed E-state index contributed by atoms with van der Waals surface area (Å²) in [6, 6.07) is 6.10. The van der Waals surface area contributed by atoms with Crippen molar-refractivity contribution in [3.8, 4) is 0 Å². The number of carboxylic acids is 1. The molecule has 0 radical (unpaired) electrons. The third-order valence-electron chi connectivity index (χ3n) is 2.99. The summed E-state index contributed by atoms with van der Waals surface area (Å²) in [4.78, 5) is 22.9. The summed E-state index contributed by atoms with van der Waals surface area (Å²) in [5, 5.41) is 11.3. The van der Waals surface area contributed by atoms with E-state index < -0.39 is 27.3 Å². The van der Waals surface area contributed by atoms with Crippen LogP contribution in [-0.4, -0.2) is 36.7 Å². The van der Waals surface area contributed by atoms with Gasteiger partial charge in [0.15, 0.2) is 9.84 Å². The molecule has 0 saturated heterocycles. The maximum Gasteiger partial charge on any atom is 0.328 e. The quantitative estimate of drug-likeness (QED) is 0.816. The van der Waals surface area contributed by atoms with Gasteiger partial charge >= 0.3 is 5.97 Å². The minimum Gasteiger partial charge on any atom is -0.480 e. The molecule has 0 unspecified atom stereocenters. The summed E-state index contributed by atoms with van der Waals surface area (Å²) in [5.41, 5.74) is -0.854. The third kappa shape index (κ3) is 4.56. The summed E-state index contributed by atoms with van der Waals surface area (Å²) >= 11 is 0.